The summed E-state index contributed by atoms with van der Waals surface area (Å²) < 4.78 is 1.05. The molecule has 0 aliphatic rings. The van der Waals surface area contributed by atoms with Crippen LogP contribution in [0.2, 0.25) is 5.02 Å². The van der Waals surface area contributed by atoms with Crippen LogP contribution in [-0.2, 0) is 6.16 Å². The summed E-state index contributed by atoms with van der Waals surface area (Å²) in [5.41, 5.74) is 1.17. The topological polar surface area (TPSA) is 0 Å². The van der Waals surface area contributed by atoms with E-state index in [4.69, 9.17) is 11.6 Å². The van der Waals surface area contributed by atoms with E-state index in [2.05, 4.69) is 113 Å². The zero-order chi connectivity index (χ0) is 19.4. The van der Waals surface area contributed by atoms with Gasteiger partial charge in [-0.1, -0.05) is 82.1 Å². The van der Waals surface area contributed by atoms with Crippen molar-refractivity contribution in [2.75, 3.05) is 0 Å². The van der Waals surface area contributed by atoms with Crippen LogP contribution in [-0.4, -0.2) is 0 Å². The molecule has 4 aromatic rings. The van der Waals surface area contributed by atoms with Crippen molar-refractivity contribution in [1.29, 1.82) is 0 Å². The van der Waals surface area contributed by atoms with Crippen molar-refractivity contribution in [2.45, 2.75) is 6.16 Å². The van der Waals surface area contributed by atoms with Gasteiger partial charge in [-0.15, -0.1) is 0 Å². The Hall–Kier alpha value is -1.44. The third-order valence-electron chi connectivity index (χ3n) is 5.01. The molecule has 0 atom stereocenters. The molecule has 4 rings (SSSR count). The number of benzene rings is 4. The van der Waals surface area contributed by atoms with E-state index < -0.39 is 7.26 Å². The summed E-state index contributed by atoms with van der Waals surface area (Å²) in [5.74, 6) is 0. The number of hydrogen-bond acceptors (Lipinski definition) is 0. The Morgan fingerprint density at radius 1 is 0.621 bits per heavy atom. The minimum absolute atomic E-state index is 0. The summed E-state index contributed by atoms with van der Waals surface area (Å²) in [6.07, 6.45) is 0.878. The van der Waals surface area contributed by atoms with Gasteiger partial charge >= 0.3 is 0 Å². The molecule has 0 bridgehead atoms. The van der Waals surface area contributed by atoms with Gasteiger partial charge in [0.25, 0.3) is 0 Å². The Morgan fingerprint density at radius 2 is 1.03 bits per heavy atom. The van der Waals surface area contributed by atoms with Gasteiger partial charge in [-0.25, -0.2) is 0 Å². The minimum Gasteiger partial charge on any atom is -1.00 e. The van der Waals surface area contributed by atoms with Gasteiger partial charge in [0, 0.05) is 15.1 Å². The van der Waals surface area contributed by atoms with Gasteiger partial charge in [-0.2, -0.15) is 0 Å². The minimum atomic E-state index is -1.93. The molecule has 0 N–H and O–H groups in total. The Morgan fingerprint density at radius 3 is 1.45 bits per heavy atom. The number of halogens is 3. The summed E-state index contributed by atoms with van der Waals surface area (Å²) in [7, 11) is -1.93. The van der Waals surface area contributed by atoms with Crippen LogP contribution in [0.25, 0.3) is 0 Å². The molecule has 0 saturated heterocycles. The van der Waals surface area contributed by atoms with Crippen molar-refractivity contribution in [1.82, 2.24) is 0 Å². The summed E-state index contributed by atoms with van der Waals surface area (Å²) in [5, 5.41) is 4.91. The molecule has 0 aliphatic heterocycles. The van der Waals surface area contributed by atoms with Crippen LogP contribution in [0.4, 0.5) is 0 Å². The maximum absolute atomic E-state index is 6.66. The maximum atomic E-state index is 6.66. The molecule has 0 heterocycles. The van der Waals surface area contributed by atoms with Gasteiger partial charge in [0.15, 0.2) is 0 Å². The first kappa shape index (κ1) is 22.2. The van der Waals surface area contributed by atoms with Crippen LogP contribution in [0.5, 0.6) is 0 Å². The van der Waals surface area contributed by atoms with Gasteiger partial charge in [-0.3, -0.25) is 0 Å². The summed E-state index contributed by atoms with van der Waals surface area (Å²) >= 11 is 10.3. The quantitative estimate of drug-likeness (QED) is 0.336. The predicted octanol–water partition coefficient (Wildman–Crippen LogP) is 3.60. The standard InChI is InChI=1S/C25H20BrClP.BrH/c26-21-16-17-25(27)20(18-21)19-28(22-10-4-1-5-11-22,23-12-6-2-7-13-23)24-14-8-3-9-15-24;/h1-18H,19H2;1H/q+1;/p-1. The molecule has 29 heavy (non-hydrogen) atoms. The molecule has 0 nitrogen and oxygen atoms in total. The number of rotatable bonds is 5. The fourth-order valence-electron chi connectivity index (χ4n) is 3.69. The van der Waals surface area contributed by atoms with E-state index >= 15 is 0 Å². The molecule has 0 aliphatic carbocycles. The van der Waals surface area contributed by atoms with E-state index in [1.807, 2.05) is 12.1 Å². The molecule has 0 radical (unpaired) electrons. The van der Waals surface area contributed by atoms with E-state index in [1.54, 1.807) is 0 Å². The SMILES string of the molecule is Clc1ccc(Br)cc1C[P+](c1ccccc1)(c1ccccc1)c1ccccc1.[Br-]. The summed E-state index contributed by atoms with van der Waals surface area (Å²) in [6, 6.07) is 38.8. The van der Waals surface area contributed by atoms with Crippen LogP contribution < -0.4 is 32.9 Å². The maximum Gasteiger partial charge on any atom is 0.116 e. The van der Waals surface area contributed by atoms with Crippen LogP contribution in [0.3, 0.4) is 0 Å². The van der Waals surface area contributed by atoms with E-state index in [0.29, 0.717) is 0 Å². The van der Waals surface area contributed by atoms with Gasteiger partial charge in [0.2, 0.25) is 0 Å². The second-order valence-corrected chi connectivity index (χ2v) is 11.5. The molecular weight excluding hydrogens is 527 g/mol. The summed E-state index contributed by atoms with van der Waals surface area (Å²) in [4.78, 5) is 0. The molecule has 146 valence electrons. The largest absolute Gasteiger partial charge is 1.00 e. The lowest BCUT2D eigenvalue weighted by Crippen LogP contribution is -3.00. The fraction of sp³-hybridized carbons (Fsp3) is 0.0400. The van der Waals surface area contributed by atoms with Gasteiger partial charge < -0.3 is 17.0 Å². The van der Waals surface area contributed by atoms with Gasteiger partial charge in [0.05, 0.1) is 6.16 Å². The molecule has 0 unspecified atom stereocenters. The smallest absolute Gasteiger partial charge is 0.116 e. The van der Waals surface area contributed by atoms with Crippen molar-refractivity contribution in [3.63, 3.8) is 0 Å². The Kier molecular flexibility index (Phi) is 7.71. The zero-order valence-corrected chi connectivity index (χ0v) is 20.5. The highest BCUT2D eigenvalue weighted by Gasteiger charge is 2.45. The summed E-state index contributed by atoms with van der Waals surface area (Å²) in [6.45, 7) is 0. The molecule has 0 saturated carbocycles. The van der Waals surface area contributed by atoms with Crippen molar-refractivity contribution >= 4 is 50.7 Å². The molecule has 0 fully saturated rings. The normalized spacial score (nSPS) is 11.0. The third-order valence-corrected chi connectivity index (χ3v) is 10.2. The second-order valence-electron chi connectivity index (χ2n) is 6.71. The average Bonchev–Trinajstić information content (AvgIpc) is 2.76. The second kappa shape index (κ2) is 10.0. The molecule has 0 amide bonds. The molecule has 4 heteroatoms. The highest BCUT2D eigenvalue weighted by molar-refractivity contribution is 9.10. The van der Waals surface area contributed by atoms with E-state index in [0.717, 1.165) is 15.7 Å². The van der Waals surface area contributed by atoms with E-state index in [-0.39, 0.29) is 17.0 Å². The lowest BCUT2D eigenvalue weighted by Gasteiger charge is -2.28. The molecule has 0 aromatic heterocycles. The van der Waals surface area contributed by atoms with Crippen molar-refractivity contribution in [3.05, 3.63) is 124 Å². The first-order valence-electron chi connectivity index (χ1n) is 9.19. The first-order chi connectivity index (χ1) is 13.7. The van der Waals surface area contributed by atoms with Crippen LogP contribution >= 0.6 is 34.8 Å². The lowest BCUT2D eigenvalue weighted by atomic mass is 10.2. The Labute approximate surface area is 197 Å². The van der Waals surface area contributed by atoms with Crippen LogP contribution in [0, 0.1) is 0 Å². The van der Waals surface area contributed by atoms with E-state index in [9.17, 15) is 0 Å². The molecule has 4 aromatic carbocycles. The predicted molar refractivity (Wildman–Crippen MR) is 128 cm³/mol. The Balaban J connectivity index is 0.00000240. The lowest BCUT2D eigenvalue weighted by molar-refractivity contribution is -0.00000521. The molecular formula is C25H20Br2ClP. The van der Waals surface area contributed by atoms with E-state index in [1.165, 1.54) is 21.5 Å². The van der Waals surface area contributed by atoms with Crippen molar-refractivity contribution in [3.8, 4) is 0 Å². The first-order valence-corrected chi connectivity index (χ1v) is 12.3. The average molecular weight is 547 g/mol. The fourth-order valence-corrected chi connectivity index (χ4v) is 8.63. The van der Waals surface area contributed by atoms with Crippen molar-refractivity contribution < 1.29 is 17.0 Å². The monoisotopic (exact) mass is 544 g/mol. The third kappa shape index (κ3) is 4.67. The highest BCUT2D eigenvalue weighted by atomic mass is 79.9. The number of hydrogen-bond donors (Lipinski definition) is 0. The highest BCUT2D eigenvalue weighted by Crippen LogP contribution is 2.58. The van der Waals surface area contributed by atoms with Crippen LogP contribution in [0.1, 0.15) is 5.56 Å². The molecule has 0 spiro atoms. The van der Waals surface area contributed by atoms with Gasteiger partial charge in [0.1, 0.15) is 23.2 Å². The Bertz CT molecular complexity index is 957. The zero-order valence-electron chi connectivity index (χ0n) is 15.7. The van der Waals surface area contributed by atoms with Gasteiger partial charge in [-0.05, 0) is 54.6 Å². The van der Waals surface area contributed by atoms with Crippen LogP contribution in [0.15, 0.2) is 114 Å². The van der Waals surface area contributed by atoms with Crippen molar-refractivity contribution in [2.24, 2.45) is 0 Å².